The van der Waals surface area contributed by atoms with Crippen LogP contribution in [-0.2, 0) is 13.0 Å². The molecule has 0 radical (unpaired) electrons. The SMILES string of the molecule is CCn1ncc(Br)c1C(=O)Cc1cccc(F)c1F. The van der Waals surface area contributed by atoms with Crippen molar-refractivity contribution >= 4 is 21.7 Å². The molecule has 0 aliphatic heterocycles. The van der Waals surface area contributed by atoms with Crippen molar-refractivity contribution in [3.05, 3.63) is 51.8 Å². The van der Waals surface area contributed by atoms with Crippen molar-refractivity contribution in [2.24, 2.45) is 0 Å². The second-order valence-corrected chi connectivity index (χ2v) is 4.82. The number of aryl methyl sites for hydroxylation is 1. The summed E-state index contributed by atoms with van der Waals surface area (Å²) in [6.07, 6.45) is 1.31. The van der Waals surface area contributed by atoms with Crippen molar-refractivity contribution in [1.29, 1.82) is 0 Å². The van der Waals surface area contributed by atoms with E-state index in [0.29, 0.717) is 16.7 Å². The maximum absolute atomic E-state index is 13.5. The molecule has 2 rings (SSSR count). The van der Waals surface area contributed by atoms with Crippen LogP contribution in [0.2, 0.25) is 0 Å². The topological polar surface area (TPSA) is 34.9 Å². The molecule has 0 fully saturated rings. The predicted molar refractivity (Wildman–Crippen MR) is 70.0 cm³/mol. The van der Waals surface area contributed by atoms with Crippen molar-refractivity contribution in [1.82, 2.24) is 9.78 Å². The first-order chi connectivity index (χ1) is 9.04. The number of benzene rings is 1. The molecule has 1 aromatic carbocycles. The molecule has 0 aliphatic rings. The molecular formula is C13H11BrF2N2O. The molecule has 6 heteroatoms. The van der Waals surface area contributed by atoms with Gasteiger partial charge in [-0.15, -0.1) is 0 Å². The number of carbonyl (C=O) groups excluding carboxylic acids is 1. The fraction of sp³-hybridized carbons (Fsp3) is 0.231. The fourth-order valence-corrected chi connectivity index (χ4v) is 2.34. The molecular weight excluding hydrogens is 318 g/mol. The normalized spacial score (nSPS) is 10.7. The molecule has 0 atom stereocenters. The first-order valence-electron chi connectivity index (χ1n) is 5.72. The van der Waals surface area contributed by atoms with Crippen LogP contribution in [0.25, 0.3) is 0 Å². The van der Waals surface area contributed by atoms with Crippen molar-refractivity contribution in [2.75, 3.05) is 0 Å². The minimum atomic E-state index is -0.977. The molecule has 0 amide bonds. The lowest BCUT2D eigenvalue weighted by Gasteiger charge is -2.06. The summed E-state index contributed by atoms with van der Waals surface area (Å²) in [5.41, 5.74) is 0.409. The largest absolute Gasteiger partial charge is 0.292 e. The molecule has 1 heterocycles. The summed E-state index contributed by atoms with van der Waals surface area (Å²) in [6, 6.07) is 3.81. The molecule has 100 valence electrons. The summed E-state index contributed by atoms with van der Waals surface area (Å²) < 4.78 is 28.7. The molecule has 0 spiro atoms. The maximum Gasteiger partial charge on any atom is 0.186 e. The van der Waals surface area contributed by atoms with E-state index in [0.717, 1.165) is 6.07 Å². The van der Waals surface area contributed by atoms with E-state index in [1.165, 1.54) is 23.0 Å². The van der Waals surface area contributed by atoms with E-state index in [1.54, 1.807) is 0 Å². The van der Waals surface area contributed by atoms with Gasteiger partial charge in [0.15, 0.2) is 17.4 Å². The van der Waals surface area contributed by atoms with Crippen LogP contribution in [0.3, 0.4) is 0 Å². The van der Waals surface area contributed by atoms with Gasteiger partial charge in [-0.25, -0.2) is 8.78 Å². The Morgan fingerprint density at radius 2 is 2.16 bits per heavy atom. The third kappa shape index (κ3) is 2.73. The van der Waals surface area contributed by atoms with Gasteiger partial charge >= 0.3 is 0 Å². The van der Waals surface area contributed by atoms with Crippen LogP contribution in [0.15, 0.2) is 28.9 Å². The lowest BCUT2D eigenvalue weighted by Crippen LogP contribution is -2.13. The van der Waals surface area contributed by atoms with Gasteiger partial charge < -0.3 is 0 Å². The fourth-order valence-electron chi connectivity index (χ4n) is 1.82. The standard InChI is InChI=1S/C13H11BrF2N2O/c1-2-18-13(9(14)7-17-18)11(19)6-8-4-3-5-10(15)12(8)16/h3-5,7H,2,6H2,1H3. The van der Waals surface area contributed by atoms with Crippen molar-refractivity contribution in [3.63, 3.8) is 0 Å². The van der Waals surface area contributed by atoms with Gasteiger partial charge in [-0.1, -0.05) is 12.1 Å². The predicted octanol–water partition coefficient (Wildman–Crippen LogP) is 3.37. The summed E-state index contributed by atoms with van der Waals surface area (Å²) >= 11 is 3.23. The monoisotopic (exact) mass is 328 g/mol. The Kier molecular flexibility index (Phi) is 4.09. The second kappa shape index (κ2) is 5.61. The molecule has 0 saturated heterocycles. The van der Waals surface area contributed by atoms with Crippen LogP contribution in [0.5, 0.6) is 0 Å². The number of Topliss-reactive ketones (excluding diaryl/α,β-unsaturated/α-hetero) is 1. The molecule has 0 saturated carbocycles. The van der Waals surface area contributed by atoms with Crippen LogP contribution in [0, 0.1) is 11.6 Å². The number of aromatic nitrogens is 2. The van der Waals surface area contributed by atoms with Gasteiger partial charge in [0.25, 0.3) is 0 Å². The van der Waals surface area contributed by atoms with Gasteiger partial charge in [0.2, 0.25) is 0 Å². The summed E-state index contributed by atoms with van der Waals surface area (Å²) in [5, 5.41) is 4.02. The highest BCUT2D eigenvalue weighted by Crippen LogP contribution is 2.20. The van der Waals surface area contributed by atoms with Gasteiger partial charge in [-0.2, -0.15) is 5.10 Å². The van der Waals surface area contributed by atoms with E-state index in [4.69, 9.17) is 0 Å². The summed E-state index contributed by atoms with van der Waals surface area (Å²) in [5.74, 6) is -2.24. The molecule has 0 bridgehead atoms. The third-order valence-electron chi connectivity index (χ3n) is 2.74. The second-order valence-electron chi connectivity index (χ2n) is 3.97. The van der Waals surface area contributed by atoms with E-state index < -0.39 is 11.6 Å². The minimum Gasteiger partial charge on any atom is -0.292 e. The van der Waals surface area contributed by atoms with Crippen molar-refractivity contribution in [3.8, 4) is 0 Å². The summed E-state index contributed by atoms with van der Waals surface area (Å²) in [4.78, 5) is 12.2. The first-order valence-corrected chi connectivity index (χ1v) is 6.51. The Bertz CT molecular complexity index is 625. The number of carbonyl (C=O) groups is 1. The van der Waals surface area contributed by atoms with E-state index in [-0.39, 0.29) is 17.8 Å². The van der Waals surface area contributed by atoms with Gasteiger partial charge in [-0.05, 0) is 34.5 Å². The Morgan fingerprint density at radius 1 is 1.42 bits per heavy atom. The third-order valence-corrected chi connectivity index (χ3v) is 3.32. The lowest BCUT2D eigenvalue weighted by molar-refractivity contribution is 0.0980. The Labute approximate surface area is 117 Å². The Balaban J connectivity index is 2.31. The first kappa shape index (κ1) is 13.9. The highest BCUT2D eigenvalue weighted by atomic mass is 79.9. The maximum atomic E-state index is 13.5. The zero-order valence-electron chi connectivity index (χ0n) is 10.2. The number of rotatable bonds is 4. The van der Waals surface area contributed by atoms with E-state index in [1.807, 2.05) is 6.92 Å². The average molecular weight is 329 g/mol. The molecule has 0 N–H and O–H groups in total. The smallest absolute Gasteiger partial charge is 0.186 e. The molecule has 3 nitrogen and oxygen atoms in total. The molecule has 0 aliphatic carbocycles. The van der Waals surface area contributed by atoms with Gasteiger partial charge in [-0.3, -0.25) is 9.48 Å². The molecule has 1 aromatic heterocycles. The highest BCUT2D eigenvalue weighted by Gasteiger charge is 2.19. The molecule has 2 aromatic rings. The summed E-state index contributed by atoms with van der Waals surface area (Å²) in [7, 11) is 0. The van der Waals surface area contributed by atoms with E-state index in [9.17, 15) is 13.6 Å². The average Bonchev–Trinajstić information content (AvgIpc) is 2.76. The zero-order chi connectivity index (χ0) is 14.0. The van der Waals surface area contributed by atoms with Crippen LogP contribution < -0.4 is 0 Å². The van der Waals surface area contributed by atoms with E-state index >= 15 is 0 Å². The Hall–Kier alpha value is -1.56. The molecule has 19 heavy (non-hydrogen) atoms. The minimum absolute atomic E-state index is 0.0424. The number of hydrogen-bond acceptors (Lipinski definition) is 2. The summed E-state index contributed by atoms with van der Waals surface area (Å²) in [6.45, 7) is 2.37. The van der Waals surface area contributed by atoms with E-state index in [2.05, 4.69) is 21.0 Å². The van der Waals surface area contributed by atoms with Crippen LogP contribution in [-0.4, -0.2) is 15.6 Å². The Morgan fingerprint density at radius 3 is 2.84 bits per heavy atom. The van der Waals surface area contributed by atoms with Gasteiger partial charge in [0.05, 0.1) is 10.7 Å². The van der Waals surface area contributed by atoms with Crippen LogP contribution >= 0.6 is 15.9 Å². The number of ketones is 1. The number of nitrogens with zero attached hydrogens (tertiary/aromatic N) is 2. The lowest BCUT2D eigenvalue weighted by atomic mass is 10.1. The van der Waals surface area contributed by atoms with Crippen molar-refractivity contribution in [2.45, 2.75) is 19.9 Å². The number of hydrogen-bond donors (Lipinski definition) is 0. The quantitative estimate of drug-likeness (QED) is 0.806. The van der Waals surface area contributed by atoms with Crippen LogP contribution in [0.4, 0.5) is 8.78 Å². The zero-order valence-corrected chi connectivity index (χ0v) is 11.7. The highest BCUT2D eigenvalue weighted by molar-refractivity contribution is 9.10. The number of halogens is 3. The van der Waals surface area contributed by atoms with Crippen molar-refractivity contribution < 1.29 is 13.6 Å². The van der Waals surface area contributed by atoms with Crippen LogP contribution in [0.1, 0.15) is 23.0 Å². The molecule has 0 unspecified atom stereocenters. The van der Waals surface area contributed by atoms with Gasteiger partial charge in [0.1, 0.15) is 5.69 Å². The van der Waals surface area contributed by atoms with Gasteiger partial charge in [0, 0.05) is 13.0 Å².